The Kier molecular flexibility index (Phi) is 3.21. The van der Waals surface area contributed by atoms with Crippen molar-refractivity contribution in [3.63, 3.8) is 0 Å². The van der Waals surface area contributed by atoms with E-state index in [-0.39, 0.29) is 11.6 Å². The molecule has 90 valence electrons. The fraction of sp³-hybridized carbons (Fsp3) is 0.700. The van der Waals surface area contributed by atoms with Crippen LogP contribution >= 0.6 is 11.3 Å². The van der Waals surface area contributed by atoms with Crippen LogP contribution in [0.5, 0.6) is 0 Å². The van der Waals surface area contributed by atoms with E-state index in [9.17, 15) is 13.2 Å². The molecule has 1 aliphatic rings. The number of nitrogens with zero attached hydrogens (tertiary/aromatic N) is 1. The third-order valence-electron chi connectivity index (χ3n) is 2.64. The minimum absolute atomic E-state index is 0.0963. The summed E-state index contributed by atoms with van der Waals surface area (Å²) in [6.07, 6.45) is -2.74. The highest BCUT2D eigenvalue weighted by Gasteiger charge is 2.36. The summed E-state index contributed by atoms with van der Waals surface area (Å²) in [5, 5.41) is 0.605. The van der Waals surface area contributed by atoms with E-state index in [1.165, 1.54) is 6.92 Å². The van der Waals surface area contributed by atoms with Gasteiger partial charge >= 0.3 is 6.18 Å². The van der Waals surface area contributed by atoms with Gasteiger partial charge < -0.3 is 4.74 Å². The Labute approximate surface area is 95.5 Å². The summed E-state index contributed by atoms with van der Waals surface area (Å²) in [6.45, 7) is 2.65. The lowest BCUT2D eigenvalue weighted by Crippen LogP contribution is -2.13. The summed E-state index contributed by atoms with van der Waals surface area (Å²) in [4.78, 5) is 3.48. The zero-order valence-electron chi connectivity index (χ0n) is 8.80. The van der Waals surface area contributed by atoms with Gasteiger partial charge in [-0.15, -0.1) is 11.3 Å². The molecule has 0 saturated carbocycles. The molecule has 2 nitrogen and oxygen atoms in total. The molecular weight excluding hydrogens is 239 g/mol. The standard InChI is InChI=1S/C10H12F3NOS/c1-6-8(10(11,12)13)16-9(14-6)7-2-4-15-5-3-7/h7H,2-5H2,1H3. The first-order valence-electron chi connectivity index (χ1n) is 5.10. The van der Waals surface area contributed by atoms with Crippen LogP contribution in [0.4, 0.5) is 13.2 Å². The third-order valence-corrected chi connectivity index (χ3v) is 4.01. The van der Waals surface area contributed by atoms with Crippen molar-refractivity contribution < 1.29 is 17.9 Å². The number of ether oxygens (including phenoxy) is 1. The number of thiazole rings is 1. The Hall–Kier alpha value is -0.620. The predicted octanol–water partition coefficient (Wildman–Crippen LogP) is 3.36. The topological polar surface area (TPSA) is 22.1 Å². The molecule has 1 fully saturated rings. The van der Waals surface area contributed by atoms with E-state index < -0.39 is 11.1 Å². The molecule has 0 bridgehead atoms. The Morgan fingerprint density at radius 3 is 2.44 bits per heavy atom. The summed E-state index contributed by atoms with van der Waals surface area (Å²) in [7, 11) is 0. The van der Waals surface area contributed by atoms with Gasteiger partial charge in [-0.25, -0.2) is 4.98 Å². The van der Waals surface area contributed by atoms with Gasteiger partial charge in [-0.05, 0) is 19.8 Å². The molecular formula is C10H12F3NOS. The number of halogens is 3. The Morgan fingerprint density at radius 1 is 1.31 bits per heavy atom. The van der Waals surface area contributed by atoms with Crippen LogP contribution in [-0.2, 0) is 10.9 Å². The molecule has 6 heteroatoms. The van der Waals surface area contributed by atoms with Crippen LogP contribution in [0.15, 0.2) is 0 Å². The average Bonchev–Trinajstić information content (AvgIpc) is 2.61. The van der Waals surface area contributed by atoms with E-state index in [2.05, 4.69) is 4.98 Å². The molecule has 2 rings (SSSR count). The second kappa shape index (κ2) is 4.33. The van der Waals surface area contributed by atoms with Gasteiger partial charge in [-0.3, -0.25) is 0 Å². The normalized spacial score (nSPS) is 19.0. The highest BCUT2D eigenvalue weighted by Crippen LogP contribution is 2.39. The lowest BCUT2D eigenvalue weighted by atomic mass is 10.0. The number of aryl methyl sites for hydroxylation is 1. The fourth-order valence-electron chi connectivity index (χ4n) is 1.80. The minimum Gasteiger partial charge on any atom is -0.381 e. The molecule has 1 aromatic heterocycles. The molecule has 16 heavy (non-hydrogen) atoms. The Bertz CT molecular complexity index is 369. The molecule has 2 heterocycles. The molecule has 1 saturated heterocycles. The van der Waals surface area contributed by atoms with Crippen molar-refractivity contribution in [2.45, 2.75) is 31.9 Å². The van der Waals surface area contributed by atoms with E-state index in [0.29, 0.717) is 18.2 Å². The molecule has 0 amide bonds. The quantitative estimate of drug-likeness (QED) is 0.763. The first-order valence-corrected chi connectivity index (χ1v) is 5.92. The zero-order valence-corrected chi connectivity index (χ0v) is 9.62. The van der Waals surface area contributed by atoms with Crippen LogP contribution in [0.2, 0.25) is 0 Å². The predicted molar refractivity (Wildman–Crippen MR) is 54.6 cm³/mol. The summed E-state index contributed by atoms with van der Waals surface area (Å²) in [5.41, 5.74) is 0.0963. The second-order valence-electron chi connectivity index (χ2n) is 3.85. The molecule has 1 aliphatic heterocycles. The first kappa shape index (κ1) is 11.9. The monoisotopic (exact) mass is 251 g/mol. The van der Waals surface area contributed by atoms with Crippen molar-refractivity contribution in [3.8, 4) is 0 Å². The number of hydrogen-bond donors (Lipinski definition) is 0. The lowest BCUT2D eigenvalue weighted by molar-refractivity contribution is -0.134. The fourth-order valence-corrected chi connectivity index (χ4v) is 2.90. The second-order valence-corrected chi connectivity index (χ2v) is 4.88. The third kappa shape index (κ3) is 2.38. The van der Waals surface area contributed by atoms with Crippen LogP contribution < -0.4 is 0 Å². The van der Waals surface area contributed by atoms with Crippen LogP contribution in [0, 0.1) is 6.92 Å². The van der Waals surface area contributed by atoms with Gasteiger partial charge in [0, 0.05) is 19.1 Å². The van der Waals surface area contributed by atoms with Gasteiger partial charge in [0.2, 0.25) is 0 Å². The minimum atomic E-state index is -4.27. The van der Waals surface area contributed by atoms with Gasteiger partial charge in [-0.1, -0.05) is 0 Å². The summed E-state index contributed by atoms with van der Waals surface area (Å²) in [6, 6.07) is 0. The molecule has 1 aromatic rings. The van der Waals surface area contributed by atoms with Crippen molar-refractivity contribution in [1.29, 1.82) is 0 Å². The van der Waals surface area contributed by atoms with Crippen LogP contribution in [0.3, 0.4) is 0 Å². The summed E-state index contributed by atoms with van der Waals surface area (Å²) in [5.74, 6) is 0.133. The van der Waals surface area contributed by atoms with Crippen molar-refractivity contribution in [2.24, 2.45) is 0 Å². The van der Waals surface area contributed by atoms with E-state index >= 15 is 0 Å². The maximum Gasteiger partial charge on any atom is 0.427 e. The van der Waals surface area contributed by atoms with E-state index in [1.54, 1.807) is 0 Å². The molecule has 0 N–H and O–H groups in total. The maximum atomic E-state index is 12.6. The smallest absolute Gasteiger partial charge is 0.381 e. The Morgan fingerprint density at radius 2 is 1.94 bits per heavy atom. The molecule has 0 spiro atoms. The maximum absolute atomic E-state index is 12.6. The van der Waals surface area contributed by atoms with Gasteiger partial charge in [0.15, 0.2) is 0 Å². The van der Waals surface area contributed by atoms with Crippen molar-refractivity contribution in [2.75, 3.05) is 13.2 Å². The van der Waals surface area contributed by atoms with Gasteiger partial charge in [0.25, 0.3) is 0 Å². The van der Waals surface area contributed by atoms with Gasteiger partial charge in [-0.2, -0.15) is 13.2 Å². The van der Waals surface area contributed by atoms with E-state index in [0.717, 1.165) is 24.2 Å². The number of rotatable bonds is 1. The van der Waals surface area contributed by atoms with Crippen LogP contribution in [0.25, 0.3) is 0 Å². The Balaban J connectivity index is 2.23. The zero-order chi connectivity index (χ0) is 11.8. The summed E-state index contributed by atoms with van der Waals surface area (Å²) >= 11 is 0.781. The molecule has 0 radical (unpaired) electrons. The largest absolute Gasteiger partial charge is 0.427 e. The molecule has 0 unspecified atom stereocenters. The average molecular weight is 251 g/mol. The van der Waals surface area contributed by atoms with Crippen molar-refractivity contribution in [1.82, 2.24) is 4.98 Å². The van der Waals surface area contributed by atoms with Gasteiger partial charge in [0.1, 0.15) is 4.88 Å². The number of alkyl halides is 3. The van der Waals surface area contributed by atoms with Gasteiger partial charge in [0.05, 0.1) is 10.7 Å². The van der Waals surface area contributed by atoms with E-state index in [4.69, 9.17) is 4.74 Å². The van der Waals surface area contributed by atoms with E-state index in [1.807, 2.05) is 0 Å². The molecule has 0 atom stereocenters. The summed E-state index contributed by atoms with van der Waals surface area (Å²) < 4.78 is 42.9. The number of aromatic nitrogens is 1. The van der Waals surface area contributed by atoms with Crippen molar-refractivity contribution in [3.05, 3.63) is 15.6 Å². The van der Waals surface area contributed by atoms with Crippen LogP contribution in [0.1, 0.15) is 34.3 Å². The highest BCUT2D eigenvalue weighted by molar-refractivity contribution is 7.12. The highest BCUT2D eigenvalue weighted by atomic mass is 32.1. The van der Waals surface area contributed by atoms with Crippen LogP contribution in [-0.4, -0.2) is 18.2 Å². The SMILES string of the molecule is Cc1nc(C2CCOCC2)sc1C(F)(F)F. The number of hydrogen-bond acceptors (Lipinski definition) is 3. The van der Waals surface area contributed by atoms with Crippen molar-refractivity contribution >= 4 is 11.3 Å². The first-order chi connectivity index (χ1) is 7.48. The molecule has 0 aromatic carbocycles. The lowest BCUT2D eigenvalue weighted by Gasteiger charge is -2.19. The molecule has 0 aliphatic carbocycles.